The average Bonchev–Trinajstić information content (AvgIpc) is 3.24. The molecule has 0 saturated carbocycles. The number of ether oxygens (including phenoxy) is 1. The Labute approximate surface area is 212 Å². The number of carbonyl (C=O) groups excluding carboxylic acids is 2. The van der Waals surface area contributed by atoms with Crippen LogP contribution in [0.5, 0.6) is 0 Å². The molecule has 4 rings (SSSR count). The van der Waals surface area contributed by atoms with Gasteiger partial charge in [0.05, 0.1) is 41.2 Å². The van der Waals surface area contributed by atoms with Crippen molar-refractivity contribution in [1.82, 2.24) is 20.7 Å². The van der Waals surface area contributed by atoms with Gasteiger partial charge in [0.15, 0.2) is 9.84 Å². The lowest BCUT2D eigenvalue weighted by molar-refractivity contribution is -0.128. The zero-order valence-electron chi connectivity index (χ0n) is 20.9. The summed E-state index contributed by atoms with van der Waals surface area (Å²) in [5.74, 6) is -0.483. The van der Waals surface area contributed by atoms with Gasteiger partial charge in [-0.05, 0) is 57.4 Å². The zero-order valence-corrected chi connectivity index (χ0v) is 21.7. The van der Waals surface area contributed by atoms with Gasteiger partial charge in [0.25, 0.3) is 0 Å². The maximum atomic E-state index is 13.0. The van der Waals surface area contributed by atoms with Gasteiger partial charge in [-0.2, -0.15) is 5.26 Å². The lowest BCUT2D eigenvalue weighted by Crippen LogP contribution is -2.62. The summed E-state index contributed by atoms with van der Waals surface area (Å²) in [5.41, 5.74) is 3.63. The summed E-state index contributed by atoms with van der Waals surface area (Å²) < 4.78 is 29.8. The molecule has 12 heteroatoms. The number of hydrogen-bond donors (Lipinski definition) is 3. The van der Waals surface area contributed by atoms with Crippen LogP contribution in [0.25, 0.3) is 0 Å². The first kappa shape index (κ1) is 26.2. The molecule has 3 N–H and O–H groups in total. The Hall–Kier alpha value is -2.88. The van der Waals surface area contributed by atoms with Crippen molar-refractivity contribution in [2.75, 3.05) is 32.1 Å². The van der Waals surface area contributed by atoms with Crippen molar-refractivity contribution in [1.29, 1.82) is 5.26 Å². The largest absolute Gasteiger partial charge is 0.453 e. The van der Waals surface area contributed by atoms with Gasteiger partial charge in [-0.15, -0.1) is 0 Å². The van der Waals surface area contributed by atoms with E-state index in [-0.39, 0.29) is 29.4 Å². The lowest BCUT2D eigenvalue weighted by Gasteiger charge is -2.48. The van der Waals surface area contributed by atoms with E-state index >= 15 is 0 Å². The van der Waals surface area contributed by atoms with Crippen LogP contribution in [0.3, 0.4) is 0 Å². The Kier molecular flexibility index (Phi) is 7.45. The minimum absolute atomic E-state index is 0.0724. The van der Waals surface area contributed by atoms with Crippen molar-refractivity contribution in [3.63, 3.8) is 0 Å². The van der Waals surface area contributed by atoms with E-state index in [1.54, 1.807) is 43.0 Å². The number of amides is 2. The third-order valence-corrected chi connectivity index (χ3v) is 9.77. The number of benzene rings is 1. The van der Waals surface area contributed by atoms with Crippen LogP contribution in [0.15, 0.2) is 29.2 Å². The molecule has 0 aromatic heterocycles. The van der Waals surface area contributed by atoms with Crippen molar-refractivity contribution in [3.8, 4) is 6.07 Å². The van der Waals surface area contributed by atoms with Crippen LogP contribution < -0.4 is 16.1 Å². The maximum absolute atomic E-state index is 13.0. The number of nitrogens with zero attached hydrogens (tertiary/aromatic N) is 3. The van der Waals surface area contributed by atoms with Crippen LogP contribution in [0.1, 0.15) is 39.5 Å². The summed E-state index contributed by atoms with van der Waals surface area (Å²) in [4.78, 5) is 26.9. The van der Waals surface area contributed by atoms with Crippen molar-refractivity contribution in [2.45, 2.75) is 67.4 Å². The molecule has 11 nitrogen and oxygen atoms in total. The highest BCUT2D eigenvalue weighted by Crippen LogP contribution is 2.40. The van der Waals surface area contributed by atoms with E-state index in [9.17, 15) is 23.3 Å². The molecule has 0 spiro atoms. The molecule has 3 aliphatic heterocycles. The van der Waals surface area contributed by atoms with Crippen LogP contribution >= 0.6 is 0 Å². The molecule has 0 radical (unpaired) electrons. The summed E-state index contributed by atoms with van der Waals surface area (Å²) in [7, 11) is -2.03. The SMILES string of the molecule is COC(=O)N1CCC(CC#N)(N2NC(Nc3ccc(S(=O)(=O)C(C)C)cc3)C3C(=O)NCCC32)CC1. The highest BCUT2D eigenvalue weighted by atomic mass is 32.2. The van der Waals surface area contributed by atoms with E-state index in [1.165, 1.54) is 7.11 Å². The first-order valence-corrected chi connectivity index (χ1v) is 13.8. The molecular formula is C24H34N6O5S. The second-order valence-corrected chi connectivity index (χ2v) is 12.4. The van der Waals surface area contributed by atoms with E-state index < -0.39 is 32.7 Å². The van der Waals surface area contributed by atoms with Crippen molar-refractivity contribution >= 4 is 27.5 Å². The minimum Gasteiger partial charge on any atom is -0.453 e. The number of nitriles is 1. The standard InChI is InChI=1S/C24H34N6O5S/c1-16(2)36(33,34)18-6-4-17(5-7-18)27-21-20-19(8-13-26-22(20)31)30(28-21)24(9-12-25)10-14-29(15-11-24)23(32)35-3/h4-7,16,19-21,27-28H,8-11,13-15H2,1-3H3,(H,26,31). The Bertz CT molecular complexity index is 1120. The first-order chi connectivity index (χ1) is 17.1. The maximum Gasteiger partial charge on any atom is 0.409 e. The Morgan fingerprint density at radius 2 is 1.94 bits per heavy atom. The fraction of sp³-hybridized carbons (Fsp3) is 0.625. The van der Waals surface area contributed by atoms with E-state index in [0.29, 0.717) is 38.2 Å². The van der Waals surface area contributed by atoms with E-state index in [2.05, 4.69) is 27.1 Å². The predicted octanol–water partition coefficient (Wildman–Crippen LogP) is 1.45. The minimum atomic E-state index is -3.38. The third-order valence-electron chi connectivity index (χ3n) is 7.60. The predicted molar refractivity (Wildman–Crippen MR) is 132 cm³/mol. The van der Waals surface area contributed by atoms with Gasteiger partial charge in [0.2, 0.25) is 5.91 Å². The number of rotatable bonds is 6. The molecule has 3 heterocycles. The first-order valence-electron chi connectivity index (χ1n) is 12.3. The van der Waals surface area contributed by atoms with Gasteiger partial charge in [0, 0.05) is 31.4 Å². The fourth-order valence-corrected chi connectivity index (χ4v) is 6.55. The summed E-state index contributed by atoms with van der Waals surface area (Å²) in [6, 6.07) is 8.74. The van der Waals surface area contributed by atoms with Gasteiger partial charge in [-0.3, -0.25) is 4.79 Å². The van der Waals surface area contributed by atoms with Gasteiger partial charge in [0.1, 0.15) is 6.17 Å². The molecule has 0 aliphatic carbocycles. The molecular weight excluding hydrogens is 484 g/mol. The lowest BCUT2D eigenvalue weighted by atomic mass is 9.81. The van der Waals surface area contributed by atoms with Gasteiger partial charge < -0.3 is 20.3 Å². The number of likely N-dealkylation sites (tertiary alicyclic amines) is 1. The molecule has 3 aliphatic rings. The van der Waals surface area contributed by atoms with E-state index in [0.717, 1.165) is 6.42 Å². The van der Waals surface area contributed by atoms with Crippen LogP contribution in [0, 0.1) is 17.2 Å². The number of methoxy groups -OCH3 is 1. The molecule has 196 valence electrons. The molecule has 36 heavy (non-hydrogen) atoms. The van der Waals surface area contributed by atoms with Crippen molar-refractivity contribution < 1.29 is 22.7 Å². The Morgan fingerprint density at radius 1 is 1.28 bits per heavy atom. The monoisotopic (exact) mass is 518 g/mol. The van der Waals surface area contributed by atoms with Crippen LogP contribution in [-0.2, 0) is 19.4 Å². The molecule has 1 aromatic rings. The smallest absolute Gasteiger partial charge is 0.409 e. The second-order valence-electron chi connectivity index (χ2n) is 9.93. The summed E-state index contributed by atoms with van der Waals surface area (Å²) >= 11 is 0. The highest BCUT2D eigenvalue weighted by molar-refractivity contribution is 7.92. The fourth-order valence-electron chi connectivity index (χ4n) is 5.49. The molecule has 0 bridgehead atoms. The quantitative estimate of drug-likeness (QED) is 0.510. The molecule has 3 unspecified atom stereocenters. The normalized spacial score (nSPS) is 26.1. The third kappa shape index (κ3) is 4.75. The van der Waals surface area contributed by atoms with Gasteiger partial charge in [-0.1, -0.05) is 0 Å². The number of nitrogens with one attached hydrogen (secondary N) is 3. The molecule has 2 amide bonds. The topological polar surface area (TPSA) is 144 Å². The van der Waals surface area contributed by atoms with Crippen LogP contribution in [-0.4, -0.2) is 80.1 Å². The molecule has 3 atom stereocenters. The number of sulfone groups is 1. The van der Waals surface area contributed by atoms with Gasteiger partial charge in [-0.25, -0.2) is 23.6 Å². The number of hydrazine groups is 1. The summed E-state index contributed by atoms with van der Waals surface area (Å²) in [5, 5.41) is 17.6. The zero-order chi connectivity index (χ0) is 26.1. The van der Waals surface area contributed by atoms with E-state index in [1.807, 2.05) is 0 Å². The van der Waals surface area contributed by atoms with Crippen LogP contribution in [0.4, 0.5) is 10.5 Å². The van der Waals surface area contributed by atoms with E-state index in [4.69, 9.17) is 4.74 Å². The van der Waals surface area contributed by atoms with Crippen LogP contribution in [0.2, 0.25) is 0 Å². The number of fused-ring (bicyclic) bond motifs is 1. The molecule has 3 saturated heterocycles. The summed E-state index contributed by atoms with van der Waals surface area (Å²) in [6.45, 7) is 4.75. The van der Waals surface area contributed by atoms with Crippen molar-refractivity contribution in [3.05, 3.63) is 24.3 Å². The second kappa shape index (κ2) is 10.2. The Balaban J connectivity index is 1.57. The number of carbonyl (C=O) groups is 2. The summed E-state index contributed by atoms with van der Waals surface area (Å²) in [6.07, 6.45) is 1.30. The number of anilines is 1. The van der Waals surface area contributed by atoms with Gasteiger partial charge >= 0.3 is 6.09 Å². The van der Waals surface area contributed by atoms with Crippen molar-refractivity contribution in [2.24, 2.45) is 5.92 Å². The molecule has 3 fully saturated rings. The average molecular weight is 519 g/mol. The highest BCUT2D eigenvalue weighted by Gasteiger charge is 2.55. The Morgan fingerprint density at radius 3 is 2.53 bits per heavy atom. The number of hydrogen-bond acceptors (Lipinski definition) is 9. The number of piperidine rings is 2. The molecule has 1 aromatic carbocycles.